The Balaban J connectivity index is 1.40. The molecule has 1 aromatic carbocycles. The number of pyridine rings is 4. The lowest BCUT2D eigenvalue weighted by molar-refractivity contribution is 0.0931. The van der Waals surface area contributed by atoms with Crippen molar-refractivity contribution in [3.8, 4) is 23.0 Å². The normalized spacial score (nSPS) is 11.2. The van der Waals surface area contributed by atoms with Crippen molar-refractivity contribution < 1.29 is 39.6 Å². The fourth-order valence-electron chi connectivity index (χ4n) is 7.38. The van der Waals surface area contributed by atoms with Gasteiger partial charge >= 0.3 is 0 Å². The Hall–Kier alpha value is -8.18. The van der Waals surface area contributed by atoms with Gasteiger partial charge in [-0.15, -0.1) is 0 Å². The second-order valence-corrected chi connectivity index (χ2v) is 16.4. The van der Waals surface area contributed by atoms with Crippen molar-refractivity contribution in [1.82, 2.24) is 49.3 Å². The molecule has 0 bridgehead atoms. The first kappa shape index (κ1) is 51.8. The van der Waals surface area contributed by atoms with Crippen molar-refractivity contribution in [1.29, 1.82) is 0 Å². The zero-order valence-electron chi connectivity index (χ0n) is 38.6. The standard InChI is InChI=1S/C46H57N11O12/c1-52-17-9-31(35(58)43(52)66)39(62)48-13-21-56(22-14-49-40(63)32-10-18-53(2)44(67)36(32)59)26-29(25-28-5-7-30(47)8-6-28)27-57(23-15-50-41(64)33-11-19-54(3)45(68)37(33)60)24-16-51-42(65)34-12-20-55(4)46(69)38(34)61/h5-12,17-20,29,58-61H,13-16,21-27,47H2,1-4H3,(H,48,62)(H,49,63)(H,50,64)(H,51,65). The summed E-state index contributed by atoms with van der Waals surface area (Å²) in [6, 6.07) is 12.4. The maximum absolute atomic E-state index is 13.2. The molecule has 0 unspecified atom stereocenters. The number of amides is 4. The Morgan fingerprint density at radius 1 is 0.478 bits per heavy atom. The summed E-state index contributed by atoms with van der Waals surface area (Å²) in [7, 11) is 5.70. The number of anilines is 1. The number of nitrogens with two attached hydrogens (primary N) is 1. The van der Waals surface area contributed by atoms with Crippen LogP contribution in [0.3, 0.4) is 0 Å². The highest BCUT2D eigenvalue weighted by molar-refractivity contribution is 5.98. The predicted molar refractivity (Wildman–Crippen MR) is 254 cm³/mol. The molecule has 4 heterocycles. The number of aromatic hydroxyl groups is 4. The van der Waals surface area contributed by atoms with Gasteiger partial charge in [0.2, 0.25) is 0 Å². The van der Waals surface area contributed by atoms with Crippen LogP contribution in [0.5, 0.6) is 23.0 Å². The third-order valence-electron chi connectivity index (χ3n) is 11.3. The van der Waals surface area contributed by atoms with Crippen molar-refractivity contribution in [2.45, 2.75) is 6.42 Å². The van der Waals surface area contributed by atoms with Gasteiger partial charge in [-0.05, 0) is 54.3 Å². The molecule has 0 aliphatic rings. The molecule has 10 N–H and O–H groups in total. The first-order chi connectivity index (χ1) is 32.8. The van der Waals surface area contributed by atoms with Crippen LogP contribution in [-0.2, 0) is 34.6 Å². The number of nitrogens with zero attached hydrogens (tertiary/aromatic N) is 6. The molecule has 23 nitrogen and oxygen atoms in total. The van der Waals surface area contributed by atoms with Gasteiger partial charge < -0.3 is 65.7 Å². The molecule has 0 aliphatic carbocycles. The number of aromatic nitrogens is 4. The highest BCUT2D eigenvalue weighted by Crippen LogP contribution is 2.17. The Kier molecular flexibility index (Phi) is 17.7. The van der Waals surface area contributed by atoms with Crippen LogP contribution in [-0.4, -0.2) is 138 Å². The number of nitrogens with one attached hydrogen (secondary N) is 4. The average molecular weight is 956 g/mol. The third-order valence-corrected chi connectivity index (χ3v) is 11.3. The van der Waals surface area contributed by atoms with E-state index in [2.05, 4.69) is 21.3 Å². The maximum Gasteiger partial charge on any atom is 0.293 e. The van der Waals surface area contributed by atoms with E-state index in [1.165, 1.54) is 77.2 Å². The number of aryl methyl sites for hydroxylation is 4. The first-order valence-electron chi connectivity index (χ1n) is 21.7. The van der Waals surface area contributed by atoms with Crippen LogP contribution in [0.15, 0.2) is 92.5 Å². The van der Waals surface area contributed by atoms with Gasteiger partial charge in [-0.25, -0.2) is 0 Å². The number of nitrogen functional groups attached to an aromatic ring is 1. The molecule has 0 aliphatic heterocycles. The number of carbonyl (C=O) groups excluding carboxylic acids is 4. The second-order valence-electron chi connectivity index (χ2n) is 16.4. The summed E-state index contributed by atoms with van der Waals surface area (Å²) in [5.74, 6) is -5.99. The van der Waals surface area contributed by atoms with Gasteiger partial charge in [-0.3, -0.25) is 48.2 Å². The number of carbonyl (C=O) groups is 4. The number of rotatable bonds is 22. The molecule has 368 valence electrons. The van der Waals surface area contributed by atoms with Crippen LogP contribution < -0.4 is 49.2 Å². The van der Waals surface area contributed by atoms with Crippen molar-refractivity contribution >= 4 is 29.3 Å². The van der Waals surface area contributed by atoms with Gasteiger partial charge in [0.1, 0.15) is 0 Å². The Bertz CT molecular complexity index is 2590. The lowest BCUT2D eigenvalue weighted by atomic mass is 9.97. The van der Waals surface area contributed by atoms with Gasteiger partial charge in [-0.2, -0.15) is 0 Å². The van der Waals surface area contributed by atoms with Crippen LogP contribution in [0.4, 0.5) is 5.69 Å². The molecule has 4 aromatic heterocycles. The molecule has 4 amide bonds. The van der Waals surface area contributed by atoms with Gasteiger partial charge in [-0.1, -0.05) is 12.1 Å². The SMILES string of the molecule is Cn1ccc(C(=O)NCCN(CCNC(=O)c2ccn(C)c(=O)c2O)CC(Cc2ccc(N)cc2)CN(CCNC(=O)c2ccn(C)c(=O)c2O)CCNC(=O)c2ccn(C)c(=O)c2O)c(O)c1=O. The molecule has 69 heavy (non-hydrogen) atoms. The molecular weight excluding hydrogens is 899 g/mol. The monoisotopic (exact) mass is 955 g/mol. The topological polar surface area (TPSA) is 318 Å². The van der Waals surface area contributed by atoms with Gasteiger partial charge in [0.25, 0.3) is 45.9 Å². The van der Waals surface area contributed by atoms with Gasteiger partial charge in [0.15, 0.2) is 23.0 Å². The van der Waals surface area contributed by atoms with Gasteiger partial charge in [0.05, 0.1) is 22.3 Å². The molecule has 5 aromatic rings. The van der Waals surface area contributed by atoms with E-state index in [0.717, 1.165) is 23.8 Å². The largest absolute Gasteiger partial charge is 0.502 e. The van der Waals surface area contributed by atoms with Crippen molar-refractivity contribution in [3.05, 3.63) is 143 Å². The van der Waals surface area contributed by atoms with Crippen LogP contribution in [0.25, 0.3) is 0 Å². The Labute approximate surface area is 394 Å². The van der Waals surface area contributed by atoms with E-state index in [-0.39, 0.29) is 80.5 Å². The molecule has 0 saturated heterocycles. The minimum absolute atomic E-state index is 0.0121. The summed E-state index contributed by atoms with van der Waals surface area (Å²) < 4.78 is 4.49. The zero-order chi connectivity index (χ0) is 50.5. The molecule has 0 radical (unpaired) electrons. The zero-order valence-corrected chi connectivity index (χ0v) is 38.6. The highest BCUT2D eigenvalue weighted by Gasteiger charge is 2.23. The summed E-state index contributed by atoms with van der Waals surface area (Å²) in [5, 5.41) is 52.5. The maximum atomic E-state index is 13.2. The van der Waals surface area contributed by atoms with E-state index in [1.54, 1.807) is 12.1 Å². The van der Waals surface area contributed by atoms with E-state index < -0.39 is 68.9 Å². The highest BCUT2D eigenvalue weighted by atomic mass is 16.3. The number of hydrogen-bond acceptors (Lipinski definition) is 15. The Morgan fingerprint density at radius 3 is 1.00 bits per heavy atom. The number of hydrogen-bond donors (Lipinski definition) is 9. The molecular formula is C46H57N11O12. The molecule has 0 fully saturated rings. The van der Waals surface area contributed by atoms with E-state index in [1.807, 2.05) is 21.9 Å². The average Bonchev–Trinajstić information content (AvgIpc) is 3.31. The van der Waals surface area contributed by atoms with Crippen molar-refractivity contribution in [2.24, 2.45) is 34.1 Å². The molecule has 0 atom stereocenters. The summed E-state index contributed by atoms with van der Waals surface area (Å²) in [5.41, 5.74) is 3.50. The predicted octanol–water partition coefficient (Wildman–Crippen LogP) is -1.63. The fraction of sp³-hybridized carbons (Fsp3) is 0.348. The van der Waals surface area contributed by atoms with Crippen LogP contribution in [0.1, 0.15) is 47.0 Å². The molecule has 5 rings (SSSR count). The lowest BCUT2D eigenvalue weighted by Crippen LogP contribution is -2.46. The fourth-order valence-corrected chi connectivity index (χ4v) is 7.38. The van der Waals surface area contributed by atoms with Crippen LogP contribution in [0, 0.1) is 5.92 Å². The van der Waals surface area contributed by atoms with E-state index in [0.29, 0.717) is 25.2 Å². The van der Waals surface area contributed by atoms with Gasteiger partial charge in [0, 0.05) is 124 Å². The Morgan fingerprint density at radius 2 is 0.739 bits per heavy atom. The molecule has 0 saturated carbocycles. The summed E-state index contributed by atoms with van der Waals surface area (Å²) in [4.78, 5) is 106. The first-order valence-corrected chi connectivity index (χ1v) is 21.7. The number of benzene rings is 1. The second kappa shape index (κ2) is 23.5. The van der Waals surface area contributed by atoms with E-state index in [9.17, 15) is 58.8 Å². The lowest BCUT2D eigenvalue weighted by Gasteiger charge is -2.32. The van der Waals surface area contributed by atoms with Crippen LogP contribution >= 0.6 is 0 Å². The van der Waals surface area contributed by atoms with E-state index in [4.69, 9.17) is 5.73 Å². The van der Waals surface area contributed by atoms with Crippen molar-refractivity contribution in [2.75, 3.05) is 71.2 Å². The quantitative estimate of drug-likeness (QED) is 0.0352. The minimum Gasteiger partial charge on any atom is -0.502 e. The molecule has 0 spiro atoms. The minimum atomic E-state index is -0.760. The van der Waals surface area contributed by atoms with E-state index >= 15 is 0 Å². The summed E-state index contributed by atoms with van der Waals surface area (Å²) >= 11 is 0. The molecule has 23 heteroatoms. The third kappa shape index (κ3) is 13.5. The smallest absolute Gasteiger partial charge is 0.293 e. The summed E-state index contributed by atoms with van der Waals surface area (Å²) in [6.07, 6.45) is 5.82. The van der Waals surface area contributed by atoms with Crippen molar-refractivity contribution in [3.63, 3.8) is 0 Å². The van der Waals surface area contributed by atoms with Crippen LogP contribution in [0.2, 0.25) is 0 Å². The summed E-state index contributed by atoms with van der Waals surface area (Å²) in [6.45, 7) is 1.34.